The predicted octanol–water partition coefficient (Wildman–Crippen LogP) is 2.39. The molecule has 2 N–H and O–H groups in total. The number of carbonyl (C=O) groups excluding carboxylic acids is 1. The number of hydrogen-bond acceptors (Lipinski definition) is 7. The number of nitrogens with zero attached hydrogens (tertiary/aromatic N) is 6. The van der Waals surface area contributed by atoms with Crippen LogP contribution in [0.1, 0.15) is 11.3 Å². The Balaban J connectivity index is 1.43. The van der Waals surface area contributed by atoms with E-state index in [1.165, 1.54) is 37.1 Å². The number of halogens is 3. The molecule has 0 aliphatic rings. The van der Waals surface area contributed by atoms with Gasteiger partial charge in [-0.3, -0.25) is 19.1 Å². The highest BCUT2D eigenvalue weighted by atomic mass is 35.5. The first-order valence-electron chi connectivity index (χ1n) is 10.3. The molecule has 1 amide bonds. The van der Waals surface area contributed by atoms with Crippen molar-refractivity contribution >= 4 is 23.3 Å². The number of nitrogens with one attached hydrogen (secondary N) is 2. The molecule has 3 heterocycles. The number of aromatic nitrogens is 6. The number of benzene rings is 1. The molecule has 0 bridgehead atoms. The van der Waals surface area contributed by atoms with E-state index in [1.54, 1.807) is 4.68 Å². The minimum atomic E-state index is -3.35. The van der Waals surface area contributed by atoms with Crippen LogP contribution < -0.4 is 16.2 Å². The van der Waals surface area contributed by atoms with Gasteiger partial charge in [-0.1, -0.05) is 35.9 Å². The van der Waals surface area contributed by atoms with Crippen LogP contribution in [0.3, 0.4) is 0 Å². The molecular weight excluding hydrogens is 482 g/mol. The average Bonchev–Trinajstić information content (AvgIpc) is 3.40. The molecule has 0 aliphatic carbocycles. The third kappa shape index (κ3) is 5.66. The average molecular weight is 501 g/mol. The van der Waals surface area contributed by atoms with E-state index in [0.717, 1.165) is 22.0 Å². The summed E-state index contributed by atoms with van der Waals surface area (Å²) in [7, 11) is 0. The fourth-order valence-electron chi connectivity index (χ4n) is 3.21. The van der Waals surface area contributed by atoms with Crippen LogP contribution in [0, 0.1) is 0 Å². The molecule has 3 aromatic heterocycles. The zero-order chi connectivity index (χ0) is 24.8. The molecule has 0 atom stereocenters. The predicted molar refractivity (Wildman–Crippen MR) is 123 cm³/mol. The largest absolute Gasteiger partial charge is 0.359 e. The Morgan fingerprint density at radius 2 is 1.91 bits per heavy atom. The number of carbonyl (C=O) groups is 1. The lowest BCUT2D eigenvalue weighted by Crippen LogP contribution is -2.35. The second-order valence-electron chi connectivity index (χ2n) is 7.34. The normalized spacial score (nSPS) is 11.3. The second-order valence-corrected chi connectivity index (χ2v) is 7.73. The van der Waals surface area contributed by atoms with E-state index in [1.807, 2.05) is 24.3 Å². The van der Waals surface area contributed by atoms with E-state index < -0.39 is 36.2 Å². The third-order valence-electron chi connectivity index (χ3n) is 4.96. The van der Waals surface area contributed by atoms with Gasteiger partial charge in [-0.25, -0.2) is 14.6 Å². The van der Waals surface area contributed by atoms with Gasteiger partial charge >= 0.3 is 5.92 Å². The second kappa shape index (κ2) is 10.4. The van der Waals surface area contributed by atoms with Crippen LogP contribution >= 0.6 is 11.6 Å². The Morgan fingerprint density at radius 3 is 2.66 bits per heavy atom. The summed E-state index contributed by atoms with van der Waals surface area (Å²) in [4.78, 5) is 36.7. The first-order valence-corrected chi connectivity index (χ1v) is 10.7. The summed E-state index contributed by atoms with van der Waals surface area (Å²) in [6.45, 7) is -1.20. The smallest absolute Gasteiger partial charge is 0.306 e. The number of hydrogen-bond donors (Lipinski definition) is 2. The van der Waals surface area contributed by atoms with Gasteiger partial charge in [0.25, 0.3) is 5.56 Å². The summed E-state index contributed by atoms with van der Waals surface area (Å²) < 4.78 is 31.3. The molecule has 0 saturated heterocycles. The molecule has 0 aliphatic heterocycles. The van der Waals surface area contributed by atoms with Gasteiger partial charge in [0.05, 0.1) is 18.4 Å². The van der Waals surface area contributed by atoms with Crippen LogP contribution in [0.15, 0.2) is 72.3 Å². The van der Waals surface area contributed by atoms with Crippen molar-refractivity contribution in [3.8, 4) is 5.69 Å². The van der Waals surface area contributed by atoms with Gasteiger partial charge in [0.2, 0.25) is 5.91 Å². The van der Waals surface area contributed by atoms with Crippen LogP contribution in [-0.4, -0.2) is 41.8 Å². The molecule has 4 aromatic rings. The number of alkyl halides is 2. The van der Waals surface area contributed by atoms with Gasteiger partial charge in [-0.15, -0.1) is 0 Å². The molecule has 0 spiro atoms. The quantitative estimate of drug-likeness (QED) is 0.362. The number of amides is 1. The summed E-state index contributed by atoms with van der Waals surface area (Å²) in [6.07, 6.45) is 5.28. The highest BCUT2D eigenvalue weighted by molar-refractivity contribution is 6.29. The summed E-state index contributed by atoms with van der Waals surface area (Å²) in [5.41, 5.74) is 0.225. The molecule has 1 aromatic carbocycles. The van der Waals surface area contributed by atoms with Gasteiger partial charge in [-0.2, -0.15) is 13.9 Å². The Bertz CT molecular complexity index is 1360. The zero-order valence-corrected chi connectivity index (χ0v) is 18.9. The lowest BCUT2D eigenvalue weighted by molar-refractivity contribution is -0.121. The fraction of sp³-hybridized carbons (Fsp3) is 0.182. The van der Waals surface area contributed by atoms with Crippen LogP contribution in [-0.2, 0) is 23.8 Å². The first kappa shape index (κ1) is 24.0. The lowest BCUT2D eigenvalue weighted by Gasteiger charge is -2.17. The van der Waals surface area contributed by atoms with E-state index in [0.29, 0.717) is 0 Å². The van der Waals surface area contributed by atoms with Crippen molar-refractivity contribution in [3.63, 3.8) is 0 Å². The number of anilines is 1. The fourth-order valence-corrected chi connectivity index (χ4v) is 3.40. The van der Waals surface area contributed by atoms with Crippen LogP contribution in [0.2, 0.25) is 5.15 Å². The highest BCUT2D eigenvalue weighted by Gasteiger charge is 2.33. The van der Waals surface area contributed by atoms with Gasteiger partial charge in [0.1, 0.15) is 30.0 Å². The van der Waals surface area contributed by atoms with Crippen molar-refractivity contribution in [2.75, 3.05) is 11.9 Å². The molecule has 4 rings (SSSR count). The van der Waals surface area contributed by atoms with Crippen LogP contribution in [0.5, 0.6) is 0 Å². The summed E-state index contributed by atoms with van der Waals surface area (Å²) in [5.74, 6) is -4.23. The number of para-hydroxylation sites is 1. The molecule has 13 heteroatoms. The molecule has 10 nitrogen and oxygen atoms in total. The van der Waals surface area contributed by atoms with Gasteiger partial charge in [-0.05, 0) is 23.8 Å². The van der Waals surface area contributed by atoms with Gasteiger partial charge in [0, 0.05) is 12.7 Å². The minimum Gasteiger partial charge on any atom is -0.359 e. The molecule has 0 saturated carbocycles. The summed E-state index contributed by atoms with van der Waals surface area (Å²) >= 11 is 6.06. The standard InChI is InChI=1S/C22H19ClF2N8O2/c23-18-10-29-20(30-12-22(24,25)17-7-3-4-8-27-17)21(35)32(18)11-19(34)28-9-15-5-1-2-6-16(15)33-14-26-13-31-33/h1-8,10,13-14H,9,11-12H2,(H,28,34)(H,29,30). The molecular formula is C22H19ClF2N8O2. The van der Waals surface area contributed by atoms with E-state index in [4.69, 9.17) is 11.6 Å². The third-order valence-corrected chi connectivity index (χ3v) is 5.26. The first-order chi connectivity index (χ1) is 16.8. The van der Waals surface area contributed by atoms with Crippen LogP contribution in [0.4, 0.5) is 14.6 Å². The zero-order valence-electron chi connectivity index (χ0n) is 18.1. The van der Waals surface area contributed by atoms with Crippen molar-refractivity contribution in [2.45, 2.75) is 19.0 Å². The van der Waals surface area contributed by atoms with Crippen molar-refractivity contribution in [2.24, 2.45) is 0 Å². The van der Waals surface area contributed by atoms with Crippen molar-refractivity contribution in [1.29, 1.82) is 0 Å². The highest BCUT2D eigenvalue weighted by Crippen LogP contribution is 2.25. The maximum atomic E-state index is 14.4. The van der Waals surface area contributed by atoms with E-state index in [-0.39, 0.29) is 17.5 Å². The molecule has 0 fully saturated rings. The minimum absolute atomic E-state index is 0.116. The van der Waals surface area contributed by atoms with Gasteiger partial charge in [0.15, 0.2) is 5.82 Å². The van der Waals surface area contributed by atoms with E-state index >= 15 is 0 Å². The Hall–Kier alpha value is -4.19. The number of rotatable bonds is 9. The maximum Gasteiger partial charge on any atom is 0.306 e. The topological polar surface area (TPSA) is 120 Å². The Morgan fingerprint density at radius 1 is 1.11 bits per heavy atom. The van der Waals surface area contributed by atoms with Crippen molar-refractivity contribution in [1.82, 2.24) is 34.6 Å². The van der Waals surface area contributed by atoms with E-state index in [2.05, 4.69) is 30.7 Å². The Kier molecular flexibility index (Phi) is 7.11. The van der Waals surface area contributed by atoms with Crippen molar-refractivity contribution in [3.05, 3.63) is 94.3 Å². The number of pyridine rings is 1. The monoisotopic (exact) mass is 500 g/mol. The SMILES string of the molecule is O=C(Cn1c(Cl)cnc(NCC(F)(F)c2ccccn2)c1=O)NCc1ccccc1-n1cncn1. The molecule has 0 radical (unpaired) electrons. The maximum absolute atomic E-state index is 14.4. The Labute approximate surface area is 202 Å². The van der Waals surface area contributed by atoms with Crippen molar-refractivity contribution < 1.29 is 13.6 Å². The lowest BCUT2D eigenvalue weighted by atomic mass is 10.2. The summed E-state index contributed by atoms with van der Waals surface area (Å²) in [5, 5.41) is 9.02. The molecule has 35 heavy (non-hydrogen) atoms. The van der Waals surface area contributed by atoms with E-state index in [9.17, 15) is 18.4 Å². The molecule has 0 unspecified atom stereocenters. The van der Waals surface area contributed by atoms with Gasteiger partial charge < -0.3 is 10.6 Å². The summed E-state index contributed by atoms with van der Waals surface area (Å²) in [6, 6.07) is 11.4. The molecule has 180 valence electrons. The van der Waals surface area contributed by atoms with Crippen LogP contribution in [0.25, 0.3) is 5.69 Å².